The van der Waals surface area contributed by atoms with Gasteiger partial charge in [0.25, 0.3) is 0 Å². The molecule has 0 amide bonds. The van der Waals surface area contributed by atoms with Gasteiger partial charge in [0.1, 0.15) is 0 Å². The number of ether oxygens (including phenoxy) is 2. The van der Waals surface area contributed by atoms with Gasteiger partial charge in [-0.05, 0) is 12.1 Å². The monoisotopic (exact) mass is 266 g/mol. The average molecular weight is 266 g/mol. The molecule has 0 spiro atoms. The van der Waals surface area contributed by atoms with E-state index >= 15 is 0 Å². The maximum atomic E-state index is 11.2. The van der Waals surface area contributed by atoms with E-state index in [1.807, 2.05) is 11.9 Å². The van der Waals surface area contributed by atoms with Crippen LogP contribution in [0.5, 0.6) is 0 Å². The third kappa shape index (κ3) is 3.62. The number of rotatable bonds is 4. The Morgan fingerprint density at radius 2 is 2.42 bits per heavy atom. The lowest BCUT2D eigenvalue weighted by molar-refractivity contribution is 0.0339. The Morgan fingerprint density at radius 3 is 3.00 bits per heavy atom. The highest BCUT2D eigenvalue weighted by molar-refractivity contribution is 5.86. The normalized spacial score (nSPS) is 18.9. The van der Waals surface area contributed by atoms with Crippen LogP contribution in [0, 0.1) is 0 Å². The average Bonchev–Trinajstić information content (AvgIpc) is 2.47. The number of hydrogen-bond donors (Lipinski definition) is 1. The third-order valence-corrected chi connectivity index (χ3v) is 2.92. The molecule has 1 N–H and O–H groups in total. The third-order valence-electron chi connectivity index (χ3n) is 2.92. The van der Waals surface area contributed by atoms with Gasteiger partial charge < -0.3 is 19.7 Å². The van der Waals surface area contributed by atoms with E-state index in [2.05, 4.69) is 20.3 Å². The van der Waals surface area contributed by atoms with Crippen LogP contribution in [0.4, 0.5) is 5.82 Å². The highest BCUT2D eigenvalue weighted by Gasteiger charge is 2.17. The van der Waals surface area contributed by atoms with Crippen LogP contribution in [0.3, 0.4) is 0 Å². The number of nitrogens with one attached hydrogen (secondary N) is 1. The Labute approximate surface area is 111 Å². The predicted octanol–water partition coefficient (Wildman–Crippen LogP) is -0.312. The number of carbonyl (C=O) groups is 1. The molecule has 0 bridgehead atoms. The fourth-order valence-corrected chi connectivity index (χ4v) is 1.88. The minimum Gasteiger partial charge on any atom is -0.464 e. The van der Waals surface area contributed by atoms with Gasteiger partial charge >= 0.3 is 5.97 Å². The summed E-state index contributed by atoms with van der Waals surface area (Å²) >= 11 is 0. The highest BCUT2D eigenvalue weighted by Crippen LogP contribution is 2.10. The second-order valence-electron chi connectivity index (χ2n) is 4.35. The zero-order valence-electron chi connectivity index (χ0n) is 11.1. The Morgan fingerprint density at radius 1 is 1.58 bits per heavy atom. The Bertz CT molecular complexity index is 417. The second-order valence-corrected chi connectivity index (χ2v) is 4.35. The Balaban J connectivity index is 1.94. The lowest BCUT2D eigenvalue weighted by Crippen LogP contribution is -2.44. The molecule has 2 rings (SSSR count). The number of nitrogens with zero attached hydrogens (tertiary/aromatic N) is 3. The van der Waals surface area contributed by atoms with E-state index in [0.717, 1.165) is 26.2 Å². The Hall–Kier alpha value is -1.73. The number of morpholine rings is 1. The Kier molecular flexibility index (Phi) is 4.64. The van der Waals surface area contributed by atoms with Crippen molar-refractivity contribution < 1.29 is 14.3 Å². The summed E-state index contributed by atoms with van der Waals surface area (Å²) < 4.78 is 10.2. The van der Waals surface area contributed by atoms with Gasteiger partial charge in [-0.2, -0.15) is 0 Å². The maximum Gasteiger partial charge on any atom is 0.358 e. The van der Waals surface area contributed by atoms with Crippen LogP contribution in [0.15, 0.2) is 12.1 Å². The molecule has 1 aromatic heterocycles. The molecule has 0 aromatic carbocycles. The van der Waals surface area contributed by atoms with Gasteiger partial charge in [-0.25, -0.2) is 4.79 Å². The molecule has 104 valence electrons. The van der Waals surface area contributed by atoms with E-state index in [-0.39, 0.29) is 11.8 Å². The van der Waals surface area contributed by atoms with Crippen molar-refractivity contribution in [3.63, 3.8) is 0 Å². The lowest BCUT2D eigenvalue weighted by atomic mass is 10.3. The molecular formula is C12H18N4O3. The molecule has 1 saturated heterocycles. The van der Waals surface area contributed by atoms with Crippen LogP contribution in [-0.2, 0) is 9.47 Å². The molecular weight excluding hydrogens is 248 g/mol. The minimum atomic E-state index is -0.485. The van der Waals surface area contributed by atoms with Gasteiger partial charge in [0, 0.05) is 26.7 Å². The van der Waals surface area contributed by atoms with Crippen LogP contribution in [0.1, 0.15) is 10.5 Å². The van der Waals surface area contributed by atoms with Gasteiger partial charge in [0.15, 0.2) is 11.5 Å². The maximum absolute atomic E-state index is 11.2. The molecule has 0 saturated carbocycles. The molecule has 2 heterocycles. The fourth-order valence-electron chi connectivity index (χ4n) is 1.88. The number of hydrogen-bond acceptors (Lipinski definition) is 7. The number of esters is 1. The van der Waals surface area contributed by atoms with Gasteiger partial charge in [-0.1, -0.05) is 0 Å². The van der Waals surface area contributed by atoms with E-state index in [9.17, 15) is 4.79 Å². The van der Waals surface area contributed by atoms with Crippen molar-refractivity contribution in [3.05, 3.63) is 17.8 Å². The van der Waals surface area contributed by atoms with Gasteiger partial charge in [-0.3, -0.25) is 0 Å². The largest absolute Gasteiger partial charge is 0.464 e. The zero-order chi connectivity index (χ0) is 13.7. The first-order valence-electron chi connectivity index (χ1n) is 6.16. The highest BCUT2D eigenvalue weighted by atomic mass is 16.5. The van der Waals surface area contributed by atoms with Crippen LogP contribution < -0.4 is 10.2 Å². The van der Waals surface area contributed by atoms with Gasteiger partial charge in [0.05, 0.1) is 19.8 Å². The molecule has 1 atom stereocenters. The van der Waals surface area contributed by atoms with Gasteiger partial charge in [-0.15, -0.1) is 10.2 Å². The SMILES string of the molecule is COC(=O)c1ccc(N(C)CC2CNCCO2)nn1. The van der Waals surface area contributed by atoms with E-state index in [1.54, 1.807) is 12.1 Å². The topological polar surface area (TPSA) is 76.6 Å². The van der Waals surface area contributed by atoms with E-state index in [1.165, 1.54) is 7.11 Å². The molecule has 1 aromatic rings. The predicted molar refractivity (Wildman–Crippen MR) is 69.3 cm³/mol. The van der Waals surface area contributed by atoms with Crippen molar-refractivity contribution in [2.24, 2.45) is 0 Å². The van der Waals surface area contributed by atoms with Crippen LogP contribution in [-0.4, -0.2) is 62.7 Å². The smallest absolute Gasteiger partial charge is 0.358 e. The summed E-state index contributed by atoms with van der Waals surface area (Å²) in [5.41, 5.74) is 0.204. The van der Waals surface area contributed by atoms with Crippen molar-refractivity contribution >= 4 is 11.8 Å². The number of anilines is 1. The molecule has 1 aliphatic rings. The van der Waals surface area contributed by atoms with E-state index < -0.39 is 5.97 Å². The van der Waals surface area contributed by atoms with Gasteiger partial charge in [0.2, 0.25) is 0 Å². The summed E-state index contributed by atoms with van der Waals surface area (Å²) in [5, 5.41) is 11.1. The fraction of sp³-hybridized carbons (Fsp3) is 0.583. The summed E-state index contributed by atoms with van der Waals surface area (Å²) in [4.78, 5) is 13.2. The van der Waals surface area contributed by atoms with Crippen molar-refractivity contribution in [1.29, 1.82) is 0 Å². The molecule has 0 radical (unpaired) electrons. The summed E-state index contributed by atoms with van der Waals surface area (Å²) in [5.74, 6) is 0.211. The number of carbonyl (C=O) groups excluding carboxylic acids is 1. The lowest BCUT2D eigenvalue weighted by Gasteiger charge is -2.28. The first-order valence-corrected chi connectivity index (χ1v) is 6.16. The first-order chi connectivity index (χ1) is 9.20. The second kappa shape index (κ2) is 6.44. The molecule has 1 aliphatic heterocycles. The molecule has 1 fully saturated rings. The quantitative estimate of drug-likeness (QED) is 0.749. The summed E-state index contributed by atoms with van der Waals surface area (Å²) in [7, 11) is 3.23. The molecule has 0 aliphatic carbocycles. The molecule has 7 nitrogen and oxygen atoms in total. The van der Waals surface area contributed by atoms with Crippen molar-refractivity contribution in [2.75, 3.05) is 45.3 Å². The van der Waals surface area contributed by atoms with Crippen molar-refractivity contribution in [1.82, 2.24) is 15.5 Å². The van der Waals surface area contributed by atoms with E-state index in [0.29, 0.717) is 5.82 Å². The summed E-state index contributed by atoms with van der Waals surface area (Å²) in [6.07, 6.45) is 0.140. The van der Waals surface area contributed by atoms with E-state index in [4.69, 9.17) is 4.74 Å². The zero-order valence-corrected chi connectivity index (χ0v) is 11.1. The minimum absolute atomic E-state index is 0.140. The molecule has 7 heteroatoms. The van der Waals surface area contributed by atoms with Crippen molar-refractivity contribution in [2.45, 2.75) is 6.10 Å². The number of methoxy groups -OCH3 is 1. The number of aromatic nitrogens is 2. The molecule has 19 heavy (non-hydrogen) atoms. The summed E-state index contributed by atoms with van der Waals surface area (Å²) in [6.45, 7) is 3.18. The van der Waals surface area contributed by atoms with Crippen molar-refractivity contribution in [3.8, 4) is 0 Å². The van der Waals surface area contributed by atoms with Crippen LogP contribution in [0.25, 0.3) is 0 Å². The van der Waals surface area contributed by atoms with Crippen LogP contribution in [0.2, 0.25) is 0 Å². The van der Waals surface area contributed by atoms with Crippen LogP contribution >= 0.6 is 0 Å². The molecule has 1 unspecified atom stereocenters. The first kappa shape index (κ1) is 13.7. The standard InChI is InChI=1S/C12H18N4O3/c1-16(8-9-7-13-5-6-19-9)11-4-3-10(14-15-11)12(17)18-2/h3-4,9,13H,5-8H2,1-2H3. The number of likely N-dealkylation sites (N-methyl/N-ethyl adjacent to an activating group) is 1. The summed E-state index contributed by atoms with van der Waals surface area (Å²) in [6, 6.07) is 3.35.